The molecule has 1 aromatic carbocycles. The Hall–Kier alpha value is -1.33. The monoisotopic (exact) mass is 294 g/mol. The minimum atomic E-state index is -2.93. The Kier molecular flexibility index (Phi) is 4.50. The Labute approximate surface area is 120 Å². The normalized spacial score (nSPS) is 12.4. The lowest BCUT2D eigenvalue weighted by molar-refractivity contribution is 0.590. The highest BCUT2D eigenvalue weighted by Gasteiger charge is 2.08. The fourth-order valence-corrected chi connectivity index (χ4v) is 2.74. The van der Waals surface area contributed by atoms with E-state index in [-0.39, 0.29) is 5.75 Å². The van der Waals surface area contributed by atoms with Crippen molar-refractivity contribution in [1.82, 2.24) is 9.88 Å². The first kappa shape index (κ1) is 15.1. The third-order valence-corrected chi connectivity index (χ3v) is 4.23. The zero-order chi connectivity index (χ0) is 14.8. The highest BCUT2D eigenvalue weighted by atomic mass is 32.2. The van der Waals surface area contributed by atoms with Gasteiger partial charge in [0.25, 0.3) is 0 Å². The van der Waals surface area contributed by atoms with Crippen LogP contribution in [-0.4, -0.2) is 31.0 Å². The van der Waals surface area contributed by atoms with E-state index in [1.165, 1.54) is 17.2 Å². The van der Waals surface area contributed by atoms with E-state index in [4.69, 9.17) is 0 Å². The number of hydrogen-bond donors (Lipinski definition) is 1. The Balaban J connectivity index is 2.25. The molecule has 0 amide bonds. The fourth-order valence-electron chi connectivity index (χ4n) is 2.21. The van der Waals surface area contributed by atoms with E-state index in [9.17, 15) is 8.42 Å². The van der Waals surface area contributed by atoms with Gasteiger partial charge in [-0.25, -0.2) is 8.42 Å². The van der Waals surface area contributed by atoms with Crippen LogP contribution < -0.4 is 5.32 Å². The molecule has 1 N–H and O–H groups in total. The molecule has 1 heterocycles. The van der Waals surface area contributed by atoms with Crippen LogP contribution in [0.4, 0.5) is 0 Å². The summed E-state index contributed by atoms with van der Waals surface area (Å²) in [5.74, 6) is 0.172. The maximum absolute atomic E-state index is 11.3. The zero-order valence-corrected chi connectivity index (χ0v) is 13.1. The molecule has 2 rings (SSSR count). The van der Waals surface area contributed by atoms with Crippen molar-refractivity contribution in [1.29, 1.82) is 0 Å². The number of sulfone groups is 1. The van der Waals surface area contributed by atoms with E-state index >= 15 is 0 Å². The molecule has 0 atom stereocenters. The van der Waals surface area contributed by atoms with Crippen molar-refractivity contribution in [3.05, 3.63) is 36.0 Å². The Bertz CT molecular complexity index is 687. The standard InChI is InChI=1S/C15H22N2O2S/c1-12(2)16-11-13-5-4-6-15-14(13)7-8-17(15)9-10-20(3,18)19/h4-8,12,16H,9-11H2,1-3H3. The number of nitrogens with one attached hydrogen (secondary N) is 1. The predicted molar refractivity (Wildman–Crippen MR) is 83.6 cm³/mol. The highest BCUT2D eigenvalue weighted by molar-refractivity contribution is 7.90. The van der Waals surface area contributed by atoms with Crippen molar-refractivity contribution < 1.29 is 8.42 Å². The van der Waals surface area contributed by atoms with Gasteiger partial charge in [-0.05, 0) is 17.7 Å². The minimum absolute atomic E-state index is 0.172. The van der Waals surface area contributed by atoms with E-state index in [0.29, 0.717) is 12.6 Å². The number of rotatable bonds is 6. The van der Waals surface area contributed by atoms with Gasteiger partial charge >= 0.3 is 0 Å². The van der Waals surface area contributed by atoms with Gasteiger partial charge in [0.15, 0.2) is 0 Å². The van der Waals surface area contributed by atoms with Gasteiger partial charge in [-0.3, -0.25) is 0 Å². The first-order valence-electron chi connectivity index (χ1n) is 6.84. The summed E-state index contributed by atoms with van der Waals surface area (Å²) >= 11 is 0. The van der Waals surface area contributed by atoms with Crippen LogP contribution in [0.3, 0.4) is 0 Å². The van der Waals surface area contributed by atoms with Gasteiger partial charge in [0, 0.05) is 42.5 Å². The van der Waals surface area contributed by atoms with Crippen LogP contribution in [-0.2, 0) is 22.9 Å². The first-order chi connectivity index (χ1) is 9.37. The molecule has 0 saturated carbocycles. The summed E-state index contributed by atoms with van der Waals surface area (Å²) in [6.45, 7) is 5.57. The van der Waals surface area contributed by atoms with Gasteiger partial charge < -0.3 is 9.88 Å². The second kappa shape index (κ2) is 5.97. The summed E-state index contributed by atoms with van der Waals surface area (Å²) in [5, 5.41) is 4.60. The maximum Gasteiger partial charge on any atom is 0.149 e. The molecule has 0 unspecified atom stereocenters. The summed E-state index contributed by atoms with van der Waals surface area (Å²) in [7, 11) is -2.93. The lowest BCUT2D eigenvalue weighted by Gasteiger charge is -2.10. The molecule has 0 bridgehead atoms. The zero-order valence-electron chi connectivity index (χ0n) is 12.3. The topological polar surface area (TPSA) is 51.1 Å². The lowest BCUT2D eigenvalue weighted by atomic mass is 10.1. The largest absolute Gasteiger partial charge is 0.346 e. The number of benzene rings is 1. The smallest absolute Gasteiger partial charge is 0.149 e. The molecule has 5 heteroatoms. The summed E-state index contributed by atoms with van der Waals surface area (Å²) < 4.78 is 24.6. The molecule has 0 fully saturated rings. The van der Waals surface area contributed by atoms with Crippen LogP contribution in [0.2, 0.25) is 0 Å². The molecular formula is C15H22N2O2S. The SMILES string of the molecule is CC(C)NCc1cccc2c1ccn2CCS(C)(=O)=O. The van der Waals surface area contributed by atoms with Gasteiger partial charge in [-0.15, -0.1) is 0 Å². The molecule has 20 heavy (non-hydrogen) atoms. The van der Waals surface area contributed by atoms with E-state index in [0.717, 1.165) is 12.1 Å². The van der Waals surface area contributed by atoms with Crippen LogP contribution in [0.5, 0.6) is 0 Å². The van der Waals surface area contributed by atoms with Crippen LogP contribution in [0, 0.1) is 0 Å². The third kappa shape index (κ3) is 3.84. The molecule has 110 valence electrons. The van der Waals surface area contributed by atoms with Gasteiger partial charge in [-0.2, -0.15) is 0 Å². The average Bonchev–Trinajstić information content (AvgIpc) is 2.76. The predicted octanol–water partition coefficient (Wildman–Crippen LogP) is 2.18. The van der Waals surface area contributed by atoms with Gasteiger partial charge in [0.1, 0.15) is 9.84 Å². The molecule has 4 nitrogen and oxygen atoms in total. The van der Waals surface area contributed by atoms with Crippen molar-refractivity contribution in [2.45, 2.75) is 33.0 Å². The van der Waals surface area contributed by atoms with Crippen LogP contribution in [0.25, 0.3) is 10.9 Å². The molecule has 2 aromatic rings. The van der Waals surface area contributed by atoms with Crippen LogP contribution in [0.15, 0.2) is 30.5 Å². The quantitative estimate of drug-likeness (QED) is 0.888. The lowest BCUT2D eigenvalue weighted by Crippen LogP contribution is -2.21. The Morgan fingerprint density at radius 1 is 1.25 bits per heavy atom. The average molecular weight is 294 g/mol. The summed E-state index contributed by atoms with van der Waals surface area (Å²) in [5.41, 5.74) is 2.34. The summed E-state index contributed by atoms with van der Waals surface area (Å²) in [4.78, 5) is 0. The molecule has 0 saturated heterocycles. The third-order valence-electron chi connectivity index (χ3n) is 3.31. The number of aryl methyl sites for hydroxylation is 1. The first-order valence-corrected chi connectivity index (χ1v) is 8.91. The minimum Gasteiger partial charge on any atom is -0.346 e. The van der Waals surface area contributed by atoms with Gasteiger partial charge in [-0.1, -0.05) is 26.0 Å². The van der Waals surface area contributed by atoms with Crippen molar-refractivity contribution in [3.8, 4) is 0 Å². The van der Waals surface area contributed by atoms with Crippen molar-refractivity contribution in [3.63, 3.8) is 0 Å². The fraction of sp³-hybridized carbons (Fsp3) is 0.467. The number of hydrogen-bond acceptors (Lipinski definition) is 3. The summed E-state index contributed by atoms with van der Waals surface area (Å²) in [6, 6.07) is 8.68. The number of aromatic nitrogens is 1. The van der Waals surface area contributed by atoms with Gasteiger partial charge in [0.05, 0.1) is 5.75 Å². The van der Waals surface area contributed by atoms with Crippen LogP contribution >= 0.6 is 0 Å². The second-order valence-electron chi connectivity index (χ2n) is 5.52. The second-order valence-corrected chi connectivity index (χ2v) is 7.78. The molecule has 0 aliphatic heterocycles. The molecule has 0 radical (unpaired) electrons. The molecule has 0 aliphatic carbocycles. The number of nitrogens with zero attached hydrogens (tertiary/aromatic N) is 1. The van der Waals surface area contributed by atoms with E-state index < -0.39 is 9.84 Å². The maximum atomic E-state index is 11.3. The van der Waals surface area contributed by atoms with Crippen LogP contribution in [0.1, 0.15) is 19.4 Å². The van der Waals surface area contributed by atoms with Crippen molar-refractivity contribution in [2.24, 2.45) is 0 Å². The molecule has 1 aromatic heterocycles. The van der Waals surface area contributed by atoms with Gasteiger partial charge in [0.2, 0.25) is 0 Å². The molecule has 0 spiro atoms. The molecular weight excluding hydrogens is 272 g/mol. The Morgan fingerprint density at radius 3 is 2.65 bits per heavy atom. The Morgan fingerprint density at radius 2 is 2.00 bits per heavy atom. The van der Waals surface area contributed by atoms with E-state index in [1.54, 1.807) is 0 Å². The van der Waals surface area contributed by atoms with E-state index in [1.807, 2.05) is 22.9 Å². The molecule has 0 aliphatic rings. The highest BCUT2D eigenvalue weighted by Crippen LogP contribution is 2.20. The summed E-state index contributed by atoms with van der Waals surface area (Å²) in [6.07, 6.45) is 3.24. The van der Waals surface area contributed by atoms with Crippen molar-refractivity contribution >= 4 is 20.7 Å². The number of fused-ring (bicyclic) bond motifs is 1. The van der Waals surface area contributed by atoms with Crippen molar-refractivity contribution in [2.75, 3.05) is 12.0 Å². The van der Waals surface area contributed by atoms with E-state index in [2.05, 4.69) is 31.3 Å².